The smallest absolute Gasteiger partial charge is 0.303 e. The summed E-state index contributed by atoms with van der Waals surface area (Å²) in [5, 5.41) is 15.5. The molecule has 34 heavy (non-hydrogen) atoms. The van der Waals surface area contributed by atoms with E-state index in [0.29, 0.717) is 37.6 Å². The minimum Gasteiger partial charge on any atom is -0.481 e. The van der Waals surface area contributed by atoms with E-state index in [-0.39, 0.29) is 35.7 Å². The molecule has 2 heterocycles. The van der Waals surface area contributed by atoms with Gasteiger partial charge in [-0.15, -0.1) is 0 Å². The van der Waals surface area contributed by atoms with Gasteiger partial charge in [0, 0.05) is 43.2 Å². The molecular formula is C24H27ClN4O5. The van der Waals surface area contributed by atoms with Crippen LogP contribution in [0.2, 0.25) is 5.02 Å². The van der Waals surface area contributed by atoms with E-state index in [1.165, 1.54) is 16.7 Å². The molecule has 1 fully saturated rings. The summed E-state index contributed by atoms with van der Waals surface area (Å²) in [5.74, 6) is -1.55. The topological polar surface area (TPSA) is 121 Å². The van der Waals surface area contributed by atoms with Gasteiger partial charge < -0.3 is 25.2 Å². The van der Waals surface area contributed by atoms with Crippen molar-refractivity contribution in [1.29, 1.82) is 0 Å². The van der Waals surface area contributed by atoms with E-state index < -0.39 is 17.4 Å². The summed E-state index contributed by atoms with van der Waals surface area (Å²) in [6.45, 7) is 2.04. The number of amides is 2. The van der Waals surface area contributed by atoms with Crippen LogP contribution in [0.4, 0.5) is 0 Å². The van der Waals surface area contributed by atoms with Crippen LogP contribution >= 0.6 is 11.6 Å². The van der Waals surface area contributed by atoms with Crippen molar-refractivity contribution in [2.24, 2.45) is 0 Å². The molecule has 2 amide bonds. The highest BCUT2D eigenvalue weighted by molar-refractivity contribution is 6.30. The maximum atomic E-state index is 13.1. The summed E-state index contributed by atoms with van der Waals surface area (Å²) < 4.78 is 1.37. The van der Waals surface area contributed by atoms with Gasteiger partial charge in [0.05, 0.1) is 0 Å². The molecule has 3 N–H and O–H groups in total. The molecule has 0 saturated heterocycles. The van der Waals surface area contributed by atoms with Crippen LogP contribution in [-0.4, -0.2) is 57.5 Å². The maximum Gasteiger partial charge on any atom is 0.303 e. The van der Waals surface area contributed by atoms with E-state index in [2.05, 4.69) is 10.6 Å². The molecule has 180 valence electrons. The van der Waals surface area contributed by atoms with Crippen molar-refractivity contribution in [3.63, 3.8) is 0 Å². The average Bonchev–Trinajstić information content (AvgIpc) is 3.58. The van der Waals surface area contributed by atoms with Gasteiger partial charge in [0.1, 0.15) is 11.3 Å². The van der Waals surface area contributed by atoms with Crippen molar-refractivity contribution >= 4 is 29.4 Å². The zero-order valence-corrected chi connectivity index (χ0v) is 19.4. The number of halogens is 1. The number of carboxylic acid groups (broad SMARTS) is 1. The Labute approximate surface area is 201 Å². The van der Waals surface area contributed by atoms with Crippen LogP contribution in [-0.2, 0) is 17.9 Å². The molecule has 1 saturated carbocycles. The number of carbonyl (C=O) groups excluding carboxylic acids is 2. The summed E-state index contributed by atoms with van der Waals surface area (Å²) in [5.41, 5.74) is 0.460. The lowest BCUT2D eigenvalue weighted by Gasteiger charge is -2.33. The maximum absolute atomic E-state index is 13.1. The first-order chi connectivity index (χ1) is 16.3. The second kappa shape index (κ2) is 9.99. The first kappa shape index (κ1) is 24.0. The zero-order valence-electron chi connectivity index (χ0n) is 18.7. The highest BCUT2D eigenvalue weighted by Crippen LogP contribution is 2.36. The van der Waals surface area contributed by atoms with Gasteiger partial charge in [-0.1, -0.05) is 23.7 Å². The molecule has 2 aromatic rings. The molecule has 9 nitrogen and oxygen atoms in total. The van der Waals surface area contributed by atoms with Crippen LogP contribution in [0.3, 0.4) is 0 Å². The van der Waals surface area contributed by atoms with Gasteiger partial charge >= 0.3 is 5.97 Å². The number of fused-ring (bicyclic) bond motifs is 1. The third kappa shape index (κ3) is 5.48. The van der Waals surface area contributed by atoms with Crippen molar-refractivity contribution in [2.75, 3.05) is 19.6 Å². The highest BCUT2D eigenvalue weighted by Gasteiger charge is 2.45. The monoisotopic (exact) mass is 486 g/mol. The predicted molar refractivity (Wildman–Crippen MR) is 126 cm³/mol. The van der Waals surface area contributed by atoms with Crippen molar-refractivity contribution in [3.8, 4) is 0 Å². The van der Waals surface area contributed by atoms with Gasteiger partial charge in [-0.2, -0.15) is 0 Å². The van der Waals surface area contributed by atoms with Crippen LogP contribution in [0.1, 0.15) is 52.1 Å². The summed E-state index contributed by atoms with van der Waals surface area (Å²) in [4.78, 5) is 51.0. The average molecular weight is 487 g/mol. The first-order valence-corrected chi connectivity index (χ1v) is 11.7. The quantitative estimate of drug-likeness (QED) is 0.441. The number of hydrogen-bond acceptors (Lipinski definition) is 5. The normalized spacial score (nSPS) is 16.1. The van der Waals surface area contributed by atoms with Gasteiger partial charge in [-0.05, 0) is 55.6 Å². The highest BCUT2D eigenvalue weighted by atomic mass is 35.5. The van der Waals surface area contributed by atoms with Crippen LogP contribution < -0.4 is 16.2 Å². The summed E-state index contributed by atoms with van der Waals surface area (Å²) in [6.07, 6.45) is 2.48. The molecule has 0 radical (unpaired) electrons. The van der Waals surface area contributed by atoms with Crippen molar-refractivity contribution in [3.05, 3.63) is 68.6 Å². The lowest BCUT2D eigenvalue weighted by Crippen LogP contribution is -2.51. The molecule has 1 aliphatic carbocycles. The Morgan fingerprint density at radius 3 is 2.47 bits per heavy atom. The summed E-state index contributed by atoms with van der Waals surface area (Å²) in [6, 6.07) is 9.99. The summed E-state index contributed by atoms with van der Waals surface area (Å²) in [7, 11) is 0. The third-order valence-corrected chi connectivity index (χ3v) is 6.55. The number of benzene rings is 1. The SMILES string of the molecule is O=C(O)CCCNC1(CN2CCn3c(ccc(C(=O)NCc4ccc(Cl)cc4)c3=O)C2=O)CC1. The zero-order chi connectivity index (χ0) is 24.3. The van der Waals surface area contributed by atoms with E-state index in [1.54, 1.807) is 29.2 Å². The molecule has 0 bridgehead atoms. The standard InChI is InChI=1S/C24H27ClN4O5/c25-17-5-3-16(4-6-17)14-26-21(32)18-7-8-19-23(34)28(12-13-29(19)22(18)33)15-24(9-10-24)27-11-1-2-20(30)31/h3-8,27H,1-2,9-15H2,(H,26,32)(H,30,31). The molecule has 1 aromatic carbocycles. The Morgan fingerprint density at radius 2 is 1.79 bits per heavy atom. The van der Waals surface area contributed by atoms with Crippen molar-refractivity contribution in [1.82, 2.24) is 20.1 Å². The molecule has 0 atom stereocenters. The molecule has 4 rings (SSSR count). The van der Waals surface area contributed by atoms with Gasteiger partial charge in [-0.3, -0.25) is 19.2 Å². The number of nitrogens with one attached hydrogen (secondary N) is 2. The minimum atomic E-state index is -0.821. The van der Waals surface area contributed by atoms with E-state index in [9.17, 15) is 19.2 Å². The molecule has 10 heteroatoms. The molecule has 1 aliphatic heterocycles. The number of aliphatic carboxylic acids is 1. The Kier molecular flexibility index (Phi) is 7.04. The van der Waals surface area contributed by atoms with E-state index in [4.69, 9.17) is 16.7 Å². The first-order valence-electron chi connectivity index (χ1n) is 11.3. The Balaban J connectivity index is 1.38. The van der Waals surface area contributed by atoms with Gasteiger partial charge in [0.15, 0.2) is 0 Å². The Bertz CT molecular complexity index is 1160. The number of aromatic nitrogens is 1. The third-order valence-electron chi connectivity index (χ3n) is 6.30. The number of pyridine rings is 1. The van der Waals surface area contributed by atoms with Crippen LogP contribution in [0.25, 0.3) is 0 Å². The summed E-state index contributed by atoms with van der Waals surface area (Å²) >= 11 is 5.87. The van der Waals surface area contributed by atoms with Gasteiger partial charge in [0.2, 0.25) is 0 Å². The molecule has 0 spiro atoms. The second-order valence-electron chi connectivity index (χ2n) is 8.83. The van der Waals surface area contributed by atoms with E-state index in [1.807, 2.05) is 0 Å². The van der Waals surface area contributed by atoms with Crippen molar-refractivity contribution in [2.45, 2.75) is 44.3 Å². The lowest BCUT2D eigenvalue weighted by molar-refractivity contribution is -0.137. The lowest BCUT2D eigenvalue weighted by atomic mass is 10.1. The Morgan fingerprint density at radius 1 is 1.06 bits per heavy atom. The number of nitrogens with zero attached hydrogens (tertiary/aromatic N) is 2. The Hall–Kier alpha value is -3.17. The van der Waals surface area contributed by atoms with E-state index >= 15 is 0 Å². The van der Waals surface area contributed by atoms with Crippen LogP contribution in [0.15, 0.2) is 41.2 Å². The predicted octanol–water partition coefficient (Wildman–Crippen LogP) is 1.87. The number of carboxylic acids is 1. The van der Waals surface area contributed by atoms with Gasteiger partial charge in [0.25, 0.3) is 17.4 Å². The molecule has 0 unspecified atom stereocenters. The fourth-order valence-corrected chi connectivity index (χ4v) is 4.30. The van der Waals surface area contributed by atoms with E-state index in [0.717, 1.165) is 18.4 Å². The van der Waals surface area contributed by atoms with Crippen LogP contribution in [0, 0.1) is 0 Å². The number of hydrogen-bond donors (Lipinski definition) is 3. The number of rotatable bonds is 10. The minimum absolute atomic E-state index is 0.00211. The fraction of sp³-hybridized carbons (Fsp3) is 0.417. The van der Waals surface area contributed by atoms with Crippen molar-refractivity contribution < 1.29 is 19.5 Å². The molecular weight excluding hydrogens is 460 g/mol. The fourth-order valence-electron chi connectivity index (χ4n) is 4.18. The molecule has 2 aliphatic rings. The van der Waals surface area contributed by atoms with Crippen LogP contribution in [0.5, 0.6) is 0 Å². The van der Waals surface area contributed by atoms with Gasteiger partial charge in [-0.25, -0.2) is 0 Å². The largest absolute Gasteiger partial charge is 0.481 e. The molecule has 1 aromatic heterocycles. The second-order valence-corrected chi connectivity index (χ2v) is 9.27. The number of carbonyl (C=O) groups is 3.